The normalized spacial score (nSPS) is 12.2. The third-order valence-corrected chi connectivity index (χ3v) is 4.89. The number of fused-ring (bicyclic) bond motifs is 1. The first-order valence-electron chi connectivity index (χ1n) is 8.29. The number of aromatic nitrogens is 4. The zero-order chi connectivity index (χ0) is 17.9. The highest BCUT2D eigenvalue weighted by molar-refractivity contribution is 7.13. The summed E-state index contributed by atoms with van der Waals surface area (Å²) in [5.74, 6) is 0.655. The molecular formula is C19H17N5OS. The van der Waals surface area contributed by atoms with Gasteiger partial charge in [0.15, 0.2) is 0 Å². The van der Waals surface area contributed by atoms with Gasteiger partial charge in [-0.3, -0.25) is 9.78 Å². The van der Waals surface area contributed by atoms with Crippen LogP contribution < -0.4 is 5.32 Å². The minimum Gasteiger partial charge on any atom is -0.346 e. The second kappa shape index (κ2) is 7.05. The first-order valence-corrected chi connectivity index (χ1v) is 9.17. The van der Waals surface area contributed by atoms with E-state index in [1.807, 2.05) is 54.8 Å². The van der Waals surface area contributed by atoms with Crippen molar-refractivity contribution in [2.75, 3.05) is 0 Å². The molecule has 0 fully saturated rings. The first-order chi connectivity index (χ1) is 12.7. The number of para-hydroxylation sites is 2. The lowest BCUT2D eigenvalue weighted by Gasteiger charge is -2.10. The Balaban J connectivity index is 1.41. The maximum atomic E-state index is 12.4. The van der Waals surface area contributed by atoms with Gasteiger partial charge < -0.3 is 10.3 Å². The fraction of sp³-hybridized carbons (Fsp3) is 0.158. The maximum absolute atomic E-state index is 12.4. The molecule has 4 rings (SSSR count). The lowest BCUT2D eigenvalue weighted by atomic mass is 10.2. The van der Waals surface area contributed by atoms with Gasteiger partial charge in [0.1, 0.15) is 10.8 Å². The van der Waals surface area contributed by atoms with Crippen molar-refractivity contribution in [1.29, 1.82) is 0 Å². The number of pyridine rings is 1. The molecule has 0 saturated carbocycles. The summed E-state index contributed by atoms with van der Waals surface area (Å²) in [6, 6.07) is 13.3. The van der Waals surface area contributed by atoms with Gasteiger partial charge in [0.05, 0.1) is 34.9 Å². The predicted molar refractivity (Wildman–Crippen MR) is 102 cm³/mol. The molecule has 1 aromatic carbocycles. The largest absolute Gasteiger partial charge is 0.346 e. The van der Waals surface area contributed by atoms with Crippen LogP contribution in [-0.4, -0.2) is 25.8 Å². The number of hydrogen-bond donors (Lipinski definition) is 2. The summed E-state index contributed by atoms with van der Waals surface area (Å²) in [6.07, 6.45) is 1.96. The number of amides is 1. The zero-order valence-corrected chi connectivity index (χ0v) is 15.0. The molecule has 3 heterocycles. The highest BCUT2D eigenvalue weighted by atomic mass is 32.1. The van der Waals surface area contributed by atoms with Crippen LogP contribution in [-0.2, 0) is 11.2 Å². The van der Waals surface area contributed by atoms with Crippen LogP contribution >= 0.6 is 11.3 Å². The molecule has 2 N–H and O–H groups in total. The molecule has 4 aromatic rings. The predicted octanol–water partition coefficient (Wildman–Crippen LogP) is 3.50. The zero-order valence-electron chi connectivity index (χ0n) is 14.1. The first kappa shape index (κ1) is 16.4. The lowest BCUT2D eigenvalue weighted by Crippen LogP contribution is -2.28. The quantitative estimate of drug-likeness (QED) is 0.568. The van der Waals surface area contributed by atoms with Gasteiger partial charge in [-0.2, -0.15) is 0 Å². The van der Waals surface area contributed by atoms with Crippen LogP contribution in [0.5, 0.6) is 0 Å². The van der Waals surface area contributed by atoms with Gasteiger partial charge in [0.2, 0.25) is 5.91 Å². The molecule has 7 heteroatoms. The number of nitrogens with one attached hydrogen (secondary N) is 2. The summed E-state index contributed by atoms with van der Waals surface area (Å²) >= 11 is 1.49. The van der Waals surface area contributed by atoms with E-state index in [1.165, 1.54) is 11.3 Å². The number of carbonyl (C=O) groups excluding carboxylic acids is 1. The maximum Gasteiger partial charge on any atom is 0.226 e. The van der Waals surface area contributed by atoms with Gasteiger partial charge >= 0.3 is 0 Å². The topological polar surface area (TPSA) is 83.6 Å². The lowest BCUT2D eigenvalue weighted by molar-refractivity contribution is -0.121. The molecule has 1 amide bonds. The van der Waals surface area contributed by atoms with E-state index >= 15 is 0 Å². The molecule has 0 aliphatic rings. The fourth-order valence-electron chi connectivity index (χ4n) is 2.70. The average Bonchev–Trinajstić information content (AvgIpc) is 3.29. The van der Waals surface area contributed by atoms with Gasteiger partial charge in [0.25, 0.3) is 0 Å². The summed E-state index contributed by atoms with van der Waals surface area (Å²) in [7, 11) is 0. The molecule has 130 valence electrons. The Labute approximate surface area is 154 Å². The molecule has 26 heavy (non-hydrogen) atoms. The minimum absolute atomic E-state index is 0.0872. The van der Waals surface area contributed by atoms with Crippen molar-refractivity contribution in [2.24, 2.45) is 0 Å². The van der Waals surface area contributed by atoms with Crippen LogP contribution in [0.2, 0.25) is 0 Å². The van der Waals surface area contributed by atoms with E-state index in [9.17, 15) is 4.79 Å². The Kier molecular flexibility index (Phi) is 4.45. The number of imidazole rings is 1. The van der Waals surface area contributed by atoms with Gasteiger partial charge in [-0.25, -0.2) is 9.97 Å². The number of aromatic amines is 1. The van der Waals surface area contributed by atoms with Crippen molar-refractivity contribution < 1.29 is 4.79 Å². The molecular weight excluding hydrogens is 346 g/mol. The monoisotopic (exact) mass is 363 g/mol. The van der Waals surface area contributed by atoms with Gasteiger partial charge in [0, 0.05) is 11.6 Å². The van der Waals surface area contributed by atoms with E-state index in [4.69, 9.17) is 0 Å². The summed E-state index contributed by atoms with van der Waals surface area (Å²) in [5, 5.41) is 5.69. The molecule has 3 aromatic heterocycles. The van der Waals surface area contributed by atoms with Crippen LogP contribution in [0.25, 0.3) is 21.7 Å². The summed E-state index contributed by atoms with van der Waals surface area (Å²) in [4.78, 5) is 28.9. The smallest absolute Gasteiger partial charge is 0.226 e. The molecule has 0 radical (unpaired) electrons. The molecule has 1 atom stereocenters. The molecule has 0 aliphatic carbocycles. The highest BCUT2D eigenvalue weighted by Gasteiger charge is 2.15. The van der Waals surface area contributed by atoms with Crippen LogP contribution in [0.15, 0.2) is 54.0 Å². The molecule has 0 bridgehead atoms. The Morgan fingerprint density at radius 2 is 2.04 bits per heavy atom. The van der Waals surface area contributed by atoms with E-state index in [1.54, 1.807) is 6.20 Å². The fourth-order valence-corrected chi connectivity index (χ4v) is 3.49. The minimum atomic E-state index is -0.205. The summed E-state index contributed by atoms with van der Waals surface area (Å²) in [6.45, 7) is 1.91. The van der Waals surface area contributed by atoms with Crippen LogP contribution in [0, 0.1) is 0 Å². The van der Waals surface area contributed by atoms with E-state index in [0.717, 1.165) is 33.3 Å². The number of nitrogens with zero attached hydrogens (tertiary/aromatic N) is 3. The van der Waals surface area contributed by atoms with Crippen molar-refractivity contribution >= 4 is 28.3 Å². The number of thiazole rings is 1. The molecule has 0 saturated heterocycles. The average molecular weight is 363 g/mol. The number of hydrogen-bond acceptors (Lipinski definition) is 5. The second-order valence-electron chi connectivity index (χ2n) is 5.96. The highest BCUT2D eigenvalue weighted by Crippen LogP contribution is 2.22. The summed E-state index contributed by atoms with van der Waals surface area (Å²) in [5.41, 5.74) is 3.41. The number of carbonyl (C=O) groups is 1. The number of benzene rings is 1. The Bertz CT molecular complexity index is 1010. The van der Waals surface area contributed by atoms with Crippen molar-refractivity contribution in [3.8, 4) is 10.7 Å². The van der Waals surface area contributed by atoms with E-state index in [0.29, 0.717) is 0 Å². The Morgan fingerprint density at radius 3 is 2.85 bits per heavy atom. The van der Waals surface area contributed by atoms with Crippen LogP contribution in [0.1, 0.15) is 24.5 Å². The SMILES string of the molecule is CC(NC(=O)Cc1csc(-c2ccccn2)n1)c1nc2ccccc2[nH]1. The molecule has 6 nitrogen and oxygen atoms in total. The van der Waals surface area contributed by atoms with Gasteiger partial charge in [-0.05, 0) is 31.2 Å². The van der Waals surface area contributed by atoms with E-state index in [2.05, 4.69) is 25.3 Å². The number of H-pyrrole nitrogens is 1. The van der Waals surface area contributed by atoms with Crippen LogP contribution in [0.3, 0.4) is 0 Å². The van der Waals surface area contributed by atoms with Crippen molar-refractivity contribution in [2.45, 2.75) is 19.4 Å². The molecule has 0 spiro atoms. The van der Waals surface area contributed by atoms with Crippen molar-refractivity contribution in [3.63, 3.8) is 0 Å². The van der Waals surface area contributed by atoms with Gasteiger partial charge in [-0.15, -0.1) is 11.3 Å². The van der Waals surface area contributed by atoms with Crippen LogP contribution in [0.4, 0.5) is 0 Å². The molecule has 0 aliphatic heterocycles. The summed E-state index contributed by atoms with van der Waals surface area (Å²) < 4.78 is 0. The second-order valence-corrected chi connectivity index (χ2v) is 6.82. The van der Waals surface area contributed by atoms with Crippen molar-refractivity contribution in [3.05, 3.63) is 65.6 Å². The number of rotatable bonds is 5. The van der Waals surface area contributed by atoms with E-state index < -0.39 is 0 Å². The van der Waals surface area contributed by atoms with E-state index in [-0.39, 0.29) is 18.4 Å². The Hall–Kier alpha value is -3.06. The van der Waals surface area contributed by atoms with Crippen molar-refractivity contribution in [1.82, 2.24) is 25.3 Å². The molecule has 1 unspecified atom stereocenters. The third kappa shape index (κ3) is 3.48. The third-order valence-electron chi connectivity index (χ3n) is 3.97. The standard InChI is InChI=1S/C19H17N5OS/c1-12(18-23-14-6-2-3-7-15(14)24-18)21-17(25)10-13-11-26-19(22-13)16-8-4-5-9-20-16/h2-9,11-12H,10H2,1H3,(H,21,25)(H,23,24). The Morgan fingerprint density at radius 1 is 1.19 bits per heavy atom. The van der Waals surface area contributed by atoms with Gasteiger partial charge in [-0.1, -0.05) is 18.2 Å².